The Morgan fingerprint density at radius 1 is 0.929 bits per heavy atom. The van der Waals surface area contributed by atoms with E-state index in [4.69, 9.17) is 0 Å². The fourth-order valence-corrected chi connectivity index (χ4v) is 6.56. The molecule has 0 aliphatic heterocycles. The third kappa shape index (κ3) is 8.44. The first-order valence-corrected chi connectivity index (χ1v) is 17.1. The highest BCUT2D eigenvalue weighted by Gasteiger charge is 2.34. The molecule has 42 heavy (non-hydrogen) atoms. The lowest BCUT2D eigenvalue weighted by molar-refractivity contribution is -0.140. The van der Waals surface area contributed by atoms with E-state index < -0.39 is 28.5 Å². The number of rotatable bonds is 11. The zero-order chi connectivity index (χ0) is 30.3. The molecule has 4 rings (SSSR count). The molecule has 9 heteroatoms. The van der Waals surface area contributed by atoms with Crippen LogP contribution in [0.4, 0.5) is 5.69 Å². The van der Waals surface area contributed by atoms with Gasteiger partial charge in [-0.2, -0.15) is 0 Å². The highest BCUT2D eigenvalue weighted by Crippen LogP contribution is 2.26. The molecule has 3 aromatic rings. The molecular weight excluding hydrogens is 614 g/mol. The number of hydrogen-bond acceptors (Lipinski definition) is 4. The maximum atomic E-state index is 14.3. The molecule has 0 saturated heterocycles. The van der Waals surface area contributed by atoms with E-state index in [-0.39, 0.29) is 18.5 Å². The van der Waals surface area contributed by atoms with Crippen molar-refractivity contribution in [2.45, 2.75) is 71.0 Å². The number of sulfonamides is 1. The average molecular weight is 655 g/mol. The molecular formula is C33H40BrN3O4S. The number of nitrogens with zero attached hydrogens (tertiary/aromatic N) is 2. The van der Waals surface area contributed by atoms with Gasteiger partial charge in [0, 0.05) is 23.5 Å². The molecule has 7 nitrogen and oxygen atoms in total. The van der Waals surface area contributed by atoms with Gasteiger partial charge in [0.05, 0.1) is 11.9 Å². The normalized spacial score (nSPS) is 14.7. The van der Waals surface area contributed by atoms with Gasteiger partial charge in [-0.15, -0.1) is 0 Å². The maximum absolute atomic E-state index is 14.3. The van der Waals surface area contributed by atoms with Crippen LogP contribution < -0.4 is 9.62 Å². The van der Waals surface area contributed by atoms with Crippen LogP contribution in [0.3, 0.4) is 0 Å². The number of nitrogens with one attached hydrogen (secondary N) is 1. The molecule has 0 radical (unpaired) electrons. The summed E-state index contributed by atoms with van der Waals surface area (Å²) in [7, 11) is -3.81. The highest BCUT2D eigenvalue weighted by molar-refractivity contribution is 9.10. The van der Waals surface area contributed by atoms with E-state index in [9.17, 15) is 18.0 Å². The van der Waals surface area contributed by atoms with Gasteiger partial charge >= 0.3 is 0 Å². The topological polar surface area (TPSA) is 86.8 Å². The third-order valence-electron chi connectivity index (χ3n) is 7.93. The van der Waals surface area contributed by atoms with Crippen LogP contribution in [0.15, 0.2) is 77.3 Å². The molecule has 224 valence electrons. The minimum atomic E-state index is -3.81. The minimum Gasteiger partial charge on any atom is -0.352 e. The molecule has 0 bridgehead atoms. The first-order valence-electron chi connectivity index (χ1n) is 14.4. The number of hydrogen-bond donors (Lipinski definition) is 1. The predicted molar refractivity (Wildman–Crippen MR) is 172 cm³/mol. The monoisotopic (exact) mass is 653 g/mol. The van der Waals surface area contributed by atoms with E-state index in [0.717, 1.165) is 69.4 Å². The Hall–Kier alpha value is -3.17. The van der Waals surface area contributed by atoms with Crippen molar-refractivity contribution >= 4 is 43.5 Å². The van der Waals surface area contributed by atoms with Crippen molar-refractivity contribution in [2.24, 2.45) is 0 Å². The van der Waals surface area contributed by atoms with Crippen molar-refractivity contribution in [3.05, 3.63) is 99.5 Å². The standard InChI is InChI=1S/C33H40BrN3O4S/c1-24-12-10-11-15-27(24)22-36(32(38)23-37(42(3,40)41)29-18-19-30(34)25(2)20-29)31(21-26-13-6-4-7-14-26)33(39)35-28-16-8-5-9-17-28/h4,6-7,10-15,18-20,28,31H,5,8-9,16-17,21-23H2,1-3H3,(H,35,39)/t31-/m1/s1. The second kappa shape index (κ2) is 14.3. The van der Waals surface area contributed by atoms with E-state index in [1.165, 1.54) is 0 Å². The molecule has 1 aliphatic carbocycles. The molecule has 1 N–H and O–H groups in total. The Morgan fingerprint density at radius 2 is 1.60 bits per heavy atom. The van der Waals surface area contributed by atoms with E-state index >= 15 is 0 Å². The van der Waals surface area contributed by atoms with Crippen LogP contribution in [0.1, 0.15) is 54.4 Å². The number of amides is 2. The van der Waals surface area contributed by atoms with Gasteiger partial charge < -0.3 is 10.2 Å². The second-order valence-electron chi connectivity index (χ2n) is 11.2. The van der Waals surface area contributed by atoms with E-state index in [2.05, 4.69) is 21.2 Å². The summed E-state index contributed by atoms with van der Waals surface area (Å²) >= 11 is 3.47. The van der Waals surface area contributed by atoms with E-state index in [0.29, 0.717) is 12.1 Å². The molecule has 0 unspecified atom stereocenters. The zero-order valence-corrected chi connectivity index (χ0v) is 27.0. The molecule has 0 heterocycles. The summed E-state index contributed by atoms with van der Waals surface area (Å²) in [5, 5.41) is 3.23. The van der Waals surface area contributed by atoms with Gasteiger partial charge in [0.2, 0.25) is 21.8 Å². The van der Waals surface area contributed by atoms with Gasteiger partial charge in [-0.3, -0.25) is 13.9 Å². The van der Waals surface area contributed by atoms with E-state index in [1.54, 1.807) is 23.1 Å². The lowest BCUT2D eigenvalue weighted by Crippen LogP contribution is -2.55. The first-order chi connectivity index (χ1) is 20.0. The quantitative estimate of drug-likeness (QED) is 0.278. The van der Waals surface area contributed by atoms with Gasteiger partial charge in [-0.1, -0.05) is 89.8 Å². The van der Waals surface area contributed by atoms with Crippen LogP contribution in [-0.2, 0) is 32.6 Å². The summed E-state index contributed by atoms with van der Waals surface area (Å²) < 4.78 is 28.0. The van der Waals surface area contributed by atoms with Crippen molar-refractivity contribution < 1.29 is 18.0 Å². The van der Waals surface area contributed by atoms with Crippen LogP contribution >= 0.6 is 15.9 Å². The average Bonchev–Trinajstić information content (AvgIpc) is 2.96. The summed E-state index contributed by atoms with van der Waals surface area (Å²) in [6.07, 6.45) is 6.54. The summed E-state index contributed by atoms with van der Waals surface area (Å²) in [4.78, 5) is 29.9. The van der Waals surface area contributed by atoms with Gasteiger partial charge in [0.1, 0.15) is 12.6 Å². The molecule has 0 aromatic heterocycles. The van der Waals surface area contributed by atoms with Crippen molar-refractivity contribution in [1.82, 2.24) is 10.2 Å². The number of carbonyl (C=O) groups is 2. The third-order valence-corrected chi connectivity index (χ3v) is 9.96. The highest BCUT2D eigenvalue weighted by atomic mass is 79.9. The Balaban J connectivity index is 1.74. The van der Waals surface area contributed by atoms with Crippen LogP contribution in [0.5, 0.6) is 0 Å². The molecule has 1 aliphatic rings. The fourth-order valence-electron chi connectivity index (χ4n) is 5.47. The zero-order valence-electron chi connectivity index (χ0n) is 24.6. The Bertz CT molecular complexity index is 1490. The maximum Gasteiger partial charge on any atom is 0.244 e. The second-order valence-corrected chi connectivity index (χ2v) is 14.0. The SMILES string of the molecule is Cc1cc(N(CC(=O)N(Cc2ccccc2C)[C@H](Cc2ccccc2)C(=O)NC2CCCCC2)S(C)(=O)=O)ccc1Br. The molecule has 2 amide bonds. The molecule has 0 spiro atoms. The van der Waals surface area contributed by atoms with Crippen LogP contribution in [0, 0.1) is 13.8 Å². The fraction of sp³-hybridized carbons (Fsp3) is 0.394. The summed E-state index contributed by atoms with van der Waals surface area (Å²) in [5.74, 6) is -0.651. The van der Waals surface area contributed by atoms with E-state index in [1.807, 2.05) is 68.4 Å². The number of halogens is 1. The number of carbonyl (C=O) groups excluding carboxylic acids is 2. The van der Waals surface area contributed by atoms with Crippen molar-refractivity contribution in [3.63, 3.8) is 0 Å². The smallest absolute Gasteiger partial charge is 0.244 e. The van der Waals surface area contributed by atoms with Gasteiger partial charge in [0.15, 0.2) is 0 Å². The molecule has 1 fully saturated rings. The Kier molecular flexibility index (Phi) is 10.8. The van der Waals surface area contributed by atoms with Gasteiger partial charge in [-0.05, 0) is 67.1 Å². The number of aryl methyl sites for hydroxylation is 2. The lowest BCUT2D eigenvalue weighted by atomic mass is 9.94. The van der Waals surface area contributed by atoms with Crippen molar-refractivity contribution in [3.8, 4) is 0 Å². The summed E-state index contributed by atoms with van der Waals surface area (Å²) in [6.45, 7) is 3.59. The number of benzene rings is 3. The van der Waals surface area contributed by atoms with Crippen molar-refractivity contribution in [2.75, 3.05) is 17.1 Å². The van der Waals surface area contributed by atoms with Crippen molar-refractivity contribution in [1.29, 1.82) is 0 Å². The Morgan fingerprint density at radius 3 is 2.24 bits per heavy atom. The lowest BCUT2D eigenvalue weighted by Gasteiger charge is -2.35. The molecule has 1 atom stereocenters. The van der Waals surface area contributed by atoms with Crippen LogP contribution in [-0.4, -0.2) is 50.0 Å². The molecule has 3 aromatic carbocycles. The minimum absolute atomic E-state index is 0.0678. The van der Waals surface area contributed by atoms with Gasteiger partial charge in [-0.25, -0.2) is 8.42 Å². The summed E-state index contributed by atoms with van der Waals surface area (Å²) in [5.41, 5.74) is 4.06. The van der Waals surface area contributed by atoms with Crippen LogP contribution in [0.2, 0.25) is 0 Å². The molecule has 1 saturated carbocycles. The predicted octanol–water partition coefficient (Wildman–Crippen LogP) is 5.92. The largest absolute Gasteiger partial charge is 0.352 e. The first kappa shape index (κ1) is 31.8. The number of anilines is 1. The van der Waals surface area contributed by atoms with Crippen LogP contribution in [0.25, 0.3) is 0 Å². The van der Waals surface area contributed by atoms with Gasteiger partial charge in [0.25, 0.3) is 0 Å². The Labute approximate surface area is 258 Å². The summed E-state index contributed by atoms with van der Waals surface area (Å²) in [6, 6.07) is 21.8.